The number of hydrogen-bond acceptors (Lipinski definition) is 4. The van der Waals surface area contributed by atoms with Crippen LogP contribution in [0.15, 0.2) is 0 Å². The second kappa shape index (κ2) is 6.59. The number of carbonyl (C=O) groups is 1. The molecule has 1 saturated carbocycles. The minimum absolute atomic E-state index is 0.0102. The number of rotatable bonds is 5. The first-order valence-electron chi connectivity index (χ1n) is 7.86. The lowest BCUT2D eigenvalue weighted by Gasteiger charge is -2.05. The predicted molar refractivity (Wildman–Crippen MR) is 84.6 cm³/mol. The van der Waals surface area contributed by atoms with Gasteiger partial charge in [0.2, 0.25) is 5.91 Å². The largest absolute Gasteiger partial charge is 0.317 e. The summed E-state index contributed by atoms with van der Waals surface area (Å²) in [5.41, 5.74) is 1.90. The number of fused-ring (bicyclic) bond motifs is 1. The molecule has 0 spiro atoms. The Bertz CT molecular complexity index is 569. The van der Waals surface area contributed by atoms with Crippen molar-refractivity contribution in [3.05, 3.63) is 16.0 Å². The normalized spacial score (nSPS) is 17.7. The predicted octanol–water partition coefficient (Wildman–Crippen LogP) is 2.97. The third-order valence-electron chi connectivity index (χ3n) is 4.15. The molecular formula is C16H21N3OS. The molecule has 112 valence electrons. The topological polar surface area (TPSA) is 64.9 Å². The van der Waals surface area contributed by atoms with Gasteiger partial charge in [0.15, 0.2) is 0 Å². The highest BCUT2D eigenvalue weighted by Gasteiger charge is 2.22. The molecule has 0 aromatic carbocycles. The average Bonchev–Trinajstić information content (AvgIpc) is 3.25. The van der Waals surface area contributed by atoms with Crippen LogP contribution < -0.4 is 10.6 Å². The summed E-state index contributed by atoms with van der Waals surface area (Å²) in [6, 6.07) is 2.93. The van der Waals surface area contributed by atoms with E-state index in [2.05, 4.69) is 16.7 Å². The van der Waals surface area contributed by atoms with Crippen LogP contribution in [-0.2, 0) is 17.6 Å². The molecule has 1 fully saturated rings. The molecule has 2 aliphatic rings. The number of nitrogens with one attached hydrogen (secondary N) is 2. The first kappa shape index (κ1) is 14.6. The van der Waals surface area contributed by atoms with E-state index in [4.69, 9.17) is 0 Å². The van der Waals surface area contributed by atoms with E-state index in [1.165, 1.54) is 36.1 Å². The van der Waals surface area contributed by atoms with Gasteiger partial charge in [-0.15, -0.1) is 11.3 Å². The fourth-order valence-corrected chi connectivity index (χ4v) is 4.07. The second-order valence-electron chi connectivity index (χ2n) is 5.91. The van der Waals surface area contributed by atoms with Crippen molar-refractivity contribution in [1.29, 1.82) is 5.26 Å². The summed E-state index contributed by atoms with van der Waals surface area (Å²) in [6.07, 6.45) is 8.55. The zero-order valence-corrected chi connectivity index (χ0v) is 13.0. The molecule has 0 atom stereocenters. The molecule has 5 heteroatoms. The molecule has 0 aliphatic heterocycles. The minimum atomic E-state index is 0.0102. The smallest absolute Gasteiger partial charge is 0.226 e. The van der Waals surface area contributed by atoms with E-state index in [0.29, 0.717) is 18.0 Å². The number of thiophene rings is 1. The summed E-state index contributed by atoms with van der Waals surface area (Å²) in [6.45, 7) is 0.726. The Morgan fingerprint density at radius 1 is 1.29 bits per heavy atom. The molecule has 21 heavy (non-hydrogen) atoms. The van der Waals surface area contributed by atoms with Crippen molar-refractivity contribution in [3.63, 3.8) is 0 Å². The van der Waals surface area contributed by atoms with Crippen molar-refractivity contribution in [3.8, 4) is 6.07 Å². The van der Waals surface area contributed by atoms with Gasteiger partial charge in [-0.3, -0.25) is 4.79 Å². The van der Waals surface area contributed by atoms with Crippen molar-refractivity contribution < 1.29 is 4.79 Å². The number of nitrogens with zero attached hydrogens (tertiary/aromatic N) is 1. The number of carbonyl (C=O) groups excluding carboxylic acids is 1. The van der Waals surface area contributed by atoms with Crippen molar-refractivity contribution in [2.45, 2.75) is 57.4 Å². The van der Waals surface area contributed by atoms with E-state index in [9.17, 15) is 10.1 Å². The molecule has 0 unspecified atom stereocenters. The molecular weight excluding hydrogens is 282 g/mol. The lowest BCUT2D eigenvalue weighted by atomic mass is 10.1. The zero-order valence-electron chi connectivity index (χ0n) is 12.2. The van der Waals surface area contributed by atoms with E-state index in [1.807, 2.05) is 0 Å². The molecule has 1 heterocycles. The van der Waals surface area contributed by atoms with Crippen LogP contribution in [0, 0.1) is 11.3 Å². The maximum atomic E-state index is 12.0. The number of aryl methyl sites for hydroxylation is 1. The van der Waals surface area contributed by atoms with Crippen LogP contribution in [0.2, 0.25) is 0 Å². The van der Waals surface area contributed by atoms with Crippen LogP contribution in [0.25, 0.3) is 0 Å². The van der Waals surface area contributed by atoms with E-state index in [-0.39, 0.29) is 5.91 Å². The van der Waals surface area contributed by atoms with Crippen LogP contribution in [0.3, 0.4) is 0 Å². The summed E-state index contributed by atoms with van der Waals surface area (Å²) in [7, 11) is 0. The third kappa shape index (κ3) is 3.63. The Morgan fingerprint density at radius 2 is 2.10 bits per heavy atom. The number of amides is 1. The highest BCUT2D eigenvalue weighted by Crippen LogP contribution is 2.36. The molecule has 1 aromatic rings. The maximum Gasteiger partial charge on any atom is 0.226 e. The summed E-state index contributed by atoms with van der Waals surface area (Å²) in [5.74, 6) is 0.0102. The number of anilines is 1. The second-order valence-corrected chi connectivity index (χ2v) is 7.01. The standard InChI is InChI=1S/C16H21N3OS/c17-10-13-12-4-2-1-3-5-14(12)21-16(13)19-15(20)8-9-18-11-6-7-11/h11,18H,1-9H2,(H,19,20). The van der Waals surface area contributed by atoms with Gasteiger partial charge in [0.05, 0.1) is 5.56 Å². The fourth-order valence-electron chi connectivity index (χ4n) is 2.82. The Hall–Kier alpha value is -1.38. The van der Waals surface area contributed by atoms with Gasteiger partial charge < -0.3 is 10.6 Å². The summed E-state index contributed by atoms with van der Waals surface area (Å²) >= 11 is 1.61. The van der Waals surface area contributed by atoms with Gasteiger partial charge in [-0.2, -0.15) is 5.26 Å². The Morgan fingerprint density at radius 3 is 2.86 bits per heavy atom. The van der Waals surface area contributed by atoms with Gasteiger partial charge in [0.1, 0.15) is 11.1 Å². The summed E-state index contributed by atoms with van der Waals surface area (Å²) < 4.78 is 0. The zero-order chi connectivity index (χ0) is 14.7. The number of hydrogen-bond donors (Lipinski definition) is 2. The quantitative estimate of drug-likeness (QED) is 0.822. The van der Waals surface area contributed by atoms with Gasteiger partial charge in [0.25, 0.3) is 0 Å². The Kier molecular flexibility index (Phi) is 4.57. The molecule has 2 N–H and O–H groups in total. The summed E-state index contributed by atoms with van der Waals surface area (Å²) in [4.78, 5) is 13.3. The SMILES string of the molecule is N#Cc1c(NC(=O)CCNC2CC2)sc2c1CCCCC2. The number of nitriles is 1. The lowest BCUT2D eigenvalue weighted by molar-refractivity contribution is -0.116. The van der Waals surface area contributed by atoms with Crippen LogP contribution >= 0.6 is 11.3 Å². The highest BCUT2D eigenvalue weighted by atomic mass is 32.1. The maximum absolute atomic E-state index is 12.0. The van der Waals surface area contributed by atoms with E-state index in [1.54, 1.807) is 11.3 Å². The highest BCUT2D eigenvalue weighted by molar-refractivity contribution is 7.16. The van der Waals surface area contributed by atoms with Crippen molar-refractivity contribution in [1.82, 2.24) is 5.32 Å². The van der Waals surface area contributed by atoms with Crippen LogP contribution in [0.5, 0.6) is 0 Å². The molecule has 0 radical (unpaired) electrons. The summed E-state index contributed by atoms with van der Waals surface area (Å²) in [5, 5.41) is 16.5. The molecule has 0 saturated heterocycles. The van der Waals surface area contributed by atoms with Gasteiger partial charge in [0, 0.05) is 23.9 Å². The van der Waals surface area contributed by atoms with E-state index in [0.717, 1.165) is 30.8 Å². The minimum Gasteiger partial charge on any atom is -0.317 e. The average molecular weight is 303 g/mol. The monoisotopic (exact) mass is 303 g/mol. The first-order chi connectivity index (χ1) is 10.3. The van der Waals surface area contributed by atoms with E-state index >= 15 is 0 Å². The van der Waals surface area contributed by atoms with Gasteiger partial charge in [-0.05, 0) is 44.1 Å². The van der Waals surface area contributed by atoms with Crippen molar-refractivity contribution in [2.24, 2.45) is 0 Å². The Labute approximate surface area is 129 Å². The van der Waals surface area contributed by atoms with Crippen molar-refractivity contribution in [2.75, 3.05) is 11.9 Å². The molecule has 3 rings (SSSR count). The van der Waals surface area contributed by atoms with Crippen LogP contribution in [0.1, 0.15) is 54.5 Å². The first-order valence-corrected chi connectivity index (χ1v) is 8.67. The van der Waals surface area contributed by atoms with E-state index < -0.39 is 0 Å². The van der Waals surface area contributed by atoms with Crippen LogP contribution in [0.4, 0.5) is 5.00 Å². The third-order valence-corrected chi connectivity index (χ3v) is 5.36. The van der Waals surface area contributed by atoms with Gasteiger partial charge >= 0.3 is 0 Å². The van der Waals surface area contributed by atoms with Gasteiger partial charge in [-0.1, -0.05) is 6.42 Å². The van der Waals surface area contributed by atoms with Gasteiger partial charge in [-0.25, -0.2) is 0 Å². The molecule has 1 amide bonds. The Balaban J connectivity index is 1.64. The fraction of sp³-hybridized carbons (Fsp3) is 0.625. The lowest BCUT2D eigenvalue weighted by Crippen LogP contribution is -2.23. The van der Waals surface area contributed by atoms with Crippen molar-refractivity contribution >= 4 is 22.2 Å². The van der Waals surface area contributed by atoms with Crippen LogP contribution in [-0.4, -0.2) is 18.5 Å². The molecule has 4 nitrogen and oxygen atoms in total. The molecule has 0 bridgehead atoms. The molecule has 1 aromatic heterocycles. The molecule has 2 aliphatic carbocycles.